The topological polar surface area (TPSA) is 73.2 Å². The molecule has 172 valence electrons. The number of anilines is 1. The summed E-state index contributed by atoms with van der Waals surface area (Å²) < 4.78 is 36.3. The number of sulfonamides is 1. The summed E-state index contributed by atoms with van der Waals surface area (Å²) in [5.74, 6) is 0.775. The Morgan fingerprint density at radius 3 is 2.27 bits per heavy atom. The summed E-state index contributed by atoms with van der Waals surface area (Å²) in [6.45, 7) is 4.31. The molecule has 0 aliphatic carbocycles. The maximum Gasteiger partial charge on any atom is 0.264 e. The largest absolute Gasteiger partial charge is 0.497 e. The molecule has 0 spiro atoms. The third-order valence-corrected chi connectivity index (χ3v) is 7.90. The van der Waals surface area contributed by atoms with Crippen LogP contribution in [-0.4, -0.2) is 25.1 Å². The van der Waals surface area contributed by atoms with Gasteiger partial charge >= 0.3 is 0 Å². The first kappa shape index (κ1) is 23.7. The van der Waals surface area contributed by atoms with Gasteiger partial charge in [0.1, 0.15) is 16.2 Å². The molecule has 0 saturated carbocycles. The molecule has 0 atom stereocenters. The van der Waals surface area contributed by atoms with E-state index in [-0.39, 0.29) is 20.0 Å². The lowest BCUT2D eigenvalue weighted by molar-refractivity contribution is 0.414. The second kappa shape index (κ2) is 9.06. The van der Waals surface area contributed by atoms with Gasteiger partial charge in [0.25, 0.3) is 10.0 Å². The van der Waals surface area contributed by atoms with Crippen molar-refractivity contribution in [3.63, 3.8) is 0 Å². The van der Waals surface area contributed by atoms with Crippen LogP contribution in [0.15, 0.2) is 53.7 Å². The maximum absolute atomic E-state index is 13.3. The van der Waals surface area contributed by atoms with Gasteiger partial charge in [0.2, 0.25) is 0 Å². The van der Waals surface area contributed by atoms with Gasteiger partial charge in [-0.3, -0.25) is 4.72 Å². The van der Waals surface area contributed by atoms with Crippen LogP contribution < -0.4 is 9.46 Å². The van der Waals surface area contributed by atoms with E-state index in [1.807, 2.05) is 48.7 Å². The smallest absolute Gasteiger partial charge is 0.264 e. The third-order valence-electron chi connectivity index (χ3n) is 5.41. The van der Waals surface area contributed by atoms with Gasteiger partial charge in [-0.15, -0.1) is 0 Å². The lowest BCUT2D eigenvalue weighted by Crippen LogP contribution is -2.16. The summed E-state index contributed by atoms with van der Waals surface area (Å²) in [5, 5.41) is 0.119. The molecule has 0 saturated heterocycles. The van der Waals surface area contributed by atoms with Gasteiger partial charge in [-0.05, 0) is 60.9 Å². The fourth-order valence-electron chi connectivity index (χ4n) is 3.57. The van der Waals surface area contributed by atoms with Crippen molar-refractivity contribution >= 4 is 61.5 Å². The lowest BCUT2D eigenvalue weighted by atomic mass is 10.1. The zero-order valence-corrected chi connectivity index (χ0v) is 21.1. The fourth-order valence-corrected chi connectivity index (χ4v) is 6.25. The SMILES string of the molecule is COc1ccc(Cn2cnc3c(NS(=O)(=O)c4c(Cl)cc(Cl)cc4Cl)c(C)c(C)cc32)cc1. The van der Waals surface area contributed by atoms with Gasteiger partial charge in [-0.2, -0.15) is 0 Å². The Balaban J connectivity index is 1.78. The van der Waals surface area contributed by atoms with Crippen molar-refractivity contribution < 1.29 is 13.2 Å². The molecule has 6 nitrogen and oxygen atoms in total. The van der Waals surface area contributed by atoms with Crippen molar-refractivity contribution in [2.24, 2.45) is 0 Å². The predicted molar refractivity (Wildman–Crippen MR) is 134 cm³/mol. The van der Waals surface area contributed by atoms with E-state index < -0.39 is 10.0 Å². The number of aromatic nitrogens is 2. The van der Waals surface area contributed by atoms with Gasteiger partial charge in [0, 0.05) is 11.6 Å². The first-order valence-corrected chi connectivity index (χ1v) is 12.5. The Hall–Kier alpha value is -2.45. The quantitative estimate of drug-likeness (QED) is 0.314. The van der Waals surface area contributed by atoms with E-state index >= 15 is 0 Å². The molecular weight excluding hydrogens is 505 g/mol. The van der Waals surface area contributed by atoms with Crippen LogP contribution in [0.25, 0.3) is 11.0 Å². The summed E-state index contributed by atoms with van der Waals surface area (Å²) in [6.07, 6.45) is 1.69. The van der Waals surface area contributed by atoms with Gasteiger partial charge < -0.3 is 9.30 Å². The van der Waals surface area contributed by atoms with Crippen LogP contribution in [0.1, 0.15) is 16.7 Å². The van der Waals surface area contributed by atoms with E-state index in [1.54, 1.807) is 13.4 Å². The van der Waals surface area contributed by atoms with Crippen LogP contribution in [0.5, 0.6) is 5.75 Å². The average molecular weight is 525 g/mol. The number of nitrogens with zero attached hydrogens (tertiary/aromatic N) is 2. The molecular formula is C23H20Cl3N3O3S. The minimum atomic E-state index is -4.12. The van der Waals surface area contributed by atoms with Crippen LogP contribution in [0, 0.1) is 13.8 Å². The first-order valence-electron chi connectivity index (χ1n) is 9.86. The molecule has 1 heterocycles. The van der Waals surface area contributed by atoms with Gasteiger partial charge in [0.15, 0.2) is 0 Å². The Morgan fingerprint density at radius 2 is 1.67 bits per heavy atom. The minimum absolute atomic E-state index is 0.0633. The van der Waals surface area contributed by atoms with Gasteiger partial charge in [-0.1, -0.05) is 46.9 Å². The van der Waals surface area contributed by atoms with Crippen molar-refractivity contribution in [1.82, 2.24) is 9.55 Å². The van der Waals surface area contributed by atoms with Crippen LogP contribution in [-0.2, 0) is 16.6 Å². The van der Waals surface area contributed by atoms with E-state index in [2.05, 4.69) is 9.71 Å². The number of halogens is 3. The summed E-state index contributed by atoms with van der Waals surface area (Å²) in [6, 6.07) is 12.4. The summed E-state index contributed by atoms with van der Waals surface area (Å²) in [5.41, 5.74) is 4.40. The fraction of sp³-hybridized carbons (Fsp3) is 0.174. The van der Waals surface area contributed by atoms with Gasteiger partial charge in [0.05, 0.1) is 34.7 Å². The molecule has 0 fully saturated rings. The number of benzene rings is 3. The summed E-state index contributed by atoms with van der Waals surface area (Å²) >= 11 is 18.3. The summed E-state index contributed by atoms with van der Waals surface area (Å²) in [4.78, 5) is 4.28. The molecule has 1 aromatic heterocycles. The molecule has 33 heavy (non-hydrogen) atoms. The number of aryl methyl sites for hydroxylation is 1. The number of hydrogen-bond acceptors (Lipinski definition) is 4. The number of methoxy groups -OCH3 is 1. The predicted octanol–water partition coefficient (Wildman–Crippen LogP) is 6.47. The number of rotatable bonds is 6. The Labute approximate surface area is 207 Å². The minimum Gasteiger partial charge on any atom is -0.497 e. The van der Waals surface area contributed by atoms with Crippen LogP contribution >= 0.6 is 34.8 Å². The standard InChI is InChI=1S/C23H20Cl3N3O3S/c1-13-8-20-22(27-12-29(20)11-15-4-6-17(32-3)7-5-15)21(14(13)2)28-33(30,31)23-18(25)9-16(24)10-19(23)26/h4-10,12,28H,11H2,1-3H3. The molecule has 4 aromatic rings. The number of imidazole rings is 1. The van der Waals surface area contributed by atoms with Crippen molar-refractivity contribution in [1.29, 1.82) is 0 Å². The van der Waals surface area contributed by atoms with E-state index in [9.17, 15) is 8.42 Å². The van der Waals surface area contributed by atoms with Crippen LogP contribution in [0.4, 0.5) is 5.69 Å². The van der Waals surface area contributed by atoms with Gasteiger partial charge in [-0.25, -0.2) is 13.4 Å². The van der Waals surface area contributed by atoms with Crippen molar-refractivity contribution in [3.8, 4) is 5.75 Å². The highest BCUT2D eigenvalue weighted by molar-refractivity contribution is 7.93. The zero-order valence-electron chi connectivity index (χ0n) is 18.0. The summed E-state index contributed by atoms with van der Waals surface area (Å²) in [7, 11) is -2.49. The van der Waals surface area contributed by atoms with Crippen molar-refractivity contribution in [2.75, 3.05) is 11.8 Å². The highest BCUT2D eigenvalue weighted by Gasteiger charge is 2.25. The molecule has 0 aliphatic rings. The molecule has 3 aromatic carbocycles. The first-order chi connectivity index (χ1) is 15.6. The average Bonchev–Trinajstić information content (AvgIpc) is 3.13. The number of hydrogen-bond donors (Lipinski definition) is 1. The molecule has 0 amide bonds. The van der Waals surface area contributed by atoms with Crippen LogP contribution in [0.2, 0.25) is 15.1 Å². The molecule has 4 rings (SSSR count). The molecule has 0 radical (unpaired) electrons. The molecule has 10 heteroatoms. The van der Waals surface area contributed by atoms with Crippen molar-refractivity contribution in [3.05, 3.63) is 80.6 Å². The molecule has 1 N–H and O–H groups in total. The Bertz CT molecular complexity index is 1440. The lowest BCUT2D eigenvalue weighted by Gasteiger charge is -2.16. The van der Waals surface area contributed by atoms with Crippen LogP contribution in [0.3, 0.4) is 0 Å². The van der Waals surface area contributed by atoms with Crippen molar-refractivity contribution in [2.45, 2.75) is 25.3 Å². The highest BCUT2D eigenvalue weighted by atomic mass is 35.5. The third kappa shape index (κ3) is 4.64. The normalized spacial score (nSPS) is 11.7. The van der Waals surface area contributed by atoms with E-state index in [1.165, 1.54) is 12.1 Å². The van der Waals surface area contributed by atoms with E-state index in [4.69, 9.17) is 39.5 Å². The second-order valence-electron chi connectivity index (χ2n) is 7.59. The number of nitrogens with one attached hydrogen (secondary N) is 1. The molecule has 0 unspecified atom stereocenters. The number of ether oxygens (including phenoxy) is 1. The monoisotopic (exact) mass is 523 g/mol. The zero-order chi connectivity index (χ0) is 23.9. The second-order valence-corrected chi connectivity index (χ2v) is 10.5. The van der Waals surface area contributed by atoms with E-state index in [0.717, 1.165) is 28.0 Å². The van der Waals surface area contributed by atoms with E-state index in [0.29, 0.717) is 17.7 Å². The number of fused-ring (bicyclic) bond motifs is 1. The Morgan fingerprint density at radius 1 is 1.03 bits per heavy atom. The Kier molecular flexibility index (Phi) is 6.51. The molecule has 0 aliphatic heterocycles. The maximum atomic E-state index is 13.3. The highest BCUT2D eigenvalue weighted by Crippen LogP contribution is 2.36. The molecule has 0 bridgehead atoms.